The molecule has 2 nitrogen and oxygen atoms in total. The second-order valence-electron chi connectivity index (χ2n) is 6.64. The second kappa shape index (κ2) is 19.0. The van der Waals surface area contributed by atoms with E-state index in [1.54, 1.807) is 14.2 Å². The van der Waals surface area contributed by atoms with Gasteiger partial charge in [-0.05, 0) is 12.8 Å². The summed E-state index contributed by atoms with van der Waals surface area (Å²) < 4.78 is 10.4. The Balaban J connectivity index is 3.02. The molecular weight excluding hydrogens is 272 g/mol. The molecule has 0 saturated carbocycles. The molecule has 0 saturated heterocycles. The highest BCUT2D eigenvalue weighted by atomic mass is 16.7. The van der Waals surface area contributed by atoms with E-state index in [1.165, 1.54) is 96.3 Å². The first-order valence-electron chi connectivity index (χ1n) is 9.90. The van der Waals surface area contributed by atoms with Gasteiger partial charge in [0.05, 0.1) is 0 Å². The maximum atomic E-state index is 5.20. The van der Waals surface area contributed by atoms with Crippen molar-refractivity contribution in [3.05, 3.63) is 0 Å². The van der Waals surface area contributed by atoms with Crippen LogP contribution in [-0.2, 0) is 9.47 Å². The Hall–Kier alpha value is -0.0800. The third kappa shape index (κ3) is 16.3. The van der Waals surface area contributed by atoms with Crippen LogP contribution in [0.25, 0.3) is 0 Å². The summed E-state index contributed by atoms with van der Waals surface area (Å²) in [5.41, 5.74) is 0. The molecule has 0 spiro atoms. The number of methoxy groups -OCH3 is 2. The van der Waals surface area contributed by atoms with Crippen molar-refractivity contribution < 1.29 is 9.47 Å². The summed E-state index contributed by atoms with van der Waals surface area (Å²) in [4.78, 5) is 0. The Kier molecular flexibility index (Phi) is 18.9. The van der Waals surface area contributed by atoms with E-state index in [9.17, 15) is 0 Å². The van der Waals surface area contributed by atoms with Crippen molar-refractivity contribution in [2.24, 2.45) is 0 Å². The van der Waals surface area contributed by atoms with Crippen molar-refractivity contribution in [2.45, 2.75) is 116 Å². The maximum absolute atomic E-state index is 5.20. The minimum absolute atomic E-state index is 0.00183. The molecular formula is C20H42O2. The highest BCUT2D eigenvalue weighted by Crippen LogP contribution is 2.14. The molecule has 0 aromatic rings. The van der Waals surface area contributed by atoms with Crippen LogP contribution in [0.2, 0.25) is 0 Å². The Morgan fingerprint density at radius 2 is 0.818 bits per heavy atom. The number of ether oxygens (including phenoxy) is 2. The van der Waals surface area contributed by atoms with Crippen LogP contribution < -0.4 is 0 Å². The number of hydrogen-bond donors (Lipinski definition) is 0. The summed E-state index contributed by atoms with van der Waals surface area (Å²) in [6.45, 7) is 2.29. The molecule has 22 heavy (non-hydrogen) atoms. The summed E-state index contributed by atoms with van der Waals surface area (Å²) in [5, 5.41) is 0. The van der Waals surface area contributed by atoms with Gasteiger partial charge in [0.1, 0.15) is 0 Å². The van der Waals surface area contributed by atoms with Crippen molar-refractivity contribution >= 4 is 0 Å². The van der Waals surface area contributed by atoms with Crippen LogP contribution >= 0.6 is 0 Å². The standard InChI is InChI=1S/C20H42O2/c1-4-5-6-7-8-9-10-11-12-13-14-15-16-17-18-19-20(21-2)22-3/h20H,4-19H2,1-3H3. The van der Waals surface area contributed by atoms with Gasteiger partial charge in [-0.15, -0.1) is 0 Å². The lowest BCUT2D eigenvalue weighted by Gasteiger charge is -2.12. The summed E-state index contributed by atoms with van der Waals surface area (Å²) in [6, 6.07) is 0. The van der Waals surface area contributed by atoms with Crippen molar-refractivity contribution in [1.82, 2.24) is 0 Å². The van der Waals surface area contributed by atoms with E-state index in [0.717, 1.165) is 6.42 Å². The predicted octanol–water partition coefficient (Wildman–Crippen LogP) is 6.87. The summed E-state index contributed by atoms with van der Waals surface area (Å²) >= 11 is 0. The fourth-order valence-electron chi connectivity index (χ4n) is 3.01. The van der Waals surface area contributed by atoms with Gasteiger partial charge in [-0.2, -0.15) is 0 Å². The average Bonchev–Trinajstić information content (AvgIpc) is 2.55. The van der Waals surface area contributed by atoms with Gasteiger partial charge in [-0.25, -0.2) is 0 Å². The van der Waals surface area contributed by atoms with E-state index in [-0.39, 0.29) is 6.29 Å². The molecule has 0 aromatic carbocycles. The molecule has 0 amide bonds. The molecule has 134 valence electrons. The maximum Gasteiger partial charge on any atom is 0.156 e. The first kappa shape index (κ1) is 21.9. The molecule has 0 N–H and O–H groups in total. The molecule has 0 fully saturated rings. The molecule has 0 heterocycles. The molecule has 0 aromatic heterocycles. The van der Waals surface area contributed by atoms with Crippen LogP contribution in [0.4, 0.5) is 0 Å². The summed E-state index contributed by atoms with van der Waals surface area (Å²) in [7, 11) is 3.44. The fraction of sp³-hybridized carbons (Fsp3) is 1.00. The lowest BCUT2D eigenvalue weighted by atomic mass is 10.0. The second-order valence-corrected chi connectivity index (χ2v) is 6.64. The fourth-order valence-corrected chi connectivity index (χ4v) is 3.01. The zero-order chi connectivity index (χ0) is 16.3. The van der Waals surface area contributed by atoms with Crippen LogP contribution in [-0.4, -0.2) is 20.5 Å². The van der Waals surface area contributed by atoms with Gasteiger partial charge in [0.15, 0.2) is 6.29 Å². The lowest BCUT2D eigenvalue weighted by molar-refractivity contribution is -0.107. The van der Waals surface area contributed by atoms with Gasteiger partial charge in [0, 0.05) is 14.2 Å². The first-order valence-corrected chi connectivity index (χ1v) is 9.90. The van der Waals surface area contributed by atoms with Crippen LogP contribution in [0, 0.1) is 0 Å². The van der Waals surface area contributed by atoms with E-state index < -0.39 is 0 Å². The van der Waals surface area contributed by atoms with Crippen molar-refractivity contribution in [2.75, 3.05) is 14.2 Å². The topological polar surface area (TPSA) is 18.5 Å². The zero-order valence-corrected chi connectivity index (χ0v) is 15.7. The van der Waals surface area contributed by atoms with Crippen LogP contribution in [0.5, 0.6) is 0 Å². The van der Waals surface area contributed by atoms with Crippen molar-refractivity contribution in [1.29, 1.82) is 0 Å². The van der Waals surface area contributed by atoms with Gasteiger partial charge in [0.2, 0.25) is 0 Å². The van der Waals surface area contributed by atoms with Gasteiger partial charge < -0.3 is 9.47 Å². The van der Waals surface area contributed by atoms with E-state index >= 15 is 0 Å². The molecule has 0 bridgehead atoms. The van der Waals surface area contributed by atoms with Gasteiger partial charge >= 0.3 is 0 Å². The van der Waals surface area contributed by atoms with Crippen LogP contribution in [0.15, 0.2) is 0 Å². The molecule has 0 atom stereocenters. The number of rotatable bonds is 18. The minimum Gasteiger partial charge on any atom is -0.356 e. The Bertz CT molecular complexity index is 190. The Morgan fingerprint density at radius 3 is 1.14 bits per heavy atom. The summed E-state index contributed by atoms with van der Waals surface area (Å²) in [5.74, 6) is 0. The Morgan fingerprint density at radius 1 is 0.500 bits per heavy atom. The van der Waals surface area contributed by atoms with E-state index in [2.05, 4.69) is 6.92 Å². The molecule has 0 unspecified atom stereocenters. The number of hydrogen-bond acceptors (Lipinski definition) is 2. The molecule has 2 heteroatoms. The monoisotopic (exact) mass is 314 g/mol. The molecule has 0 aliphatic rings. The minimum atomic E-state index is 0.00183. The molecule has 0 aliphatic carbocycles. The molecule has 0 aliphatic heterocycles. The van der Waals surface area contributed by atoms with Gasteiger partial charge in [-0.1, -0.05) is 96.8 Å². The van der Waals surface area contributed by atoms with Gasteiger partial charge in [-0.3, -0.25) is 0 Å². The van der Waals surface area contributed by atoms with Crippen LogP contribution in [0.3, 0.4) is 0 Å². The van der Waals surface area contributed by atoms with Crippen molar-refractivity contribution in [3.8, 4) is 0 Å². The number of unbranched alkanes of at least 4 members (excludes halogenated alkanes) is 14. The van der Waals surface area contributed by atoms with E-state index in [1.807, 2.05) is 0 Å². The zero-order valence-electron chi connectivity index (χ0n) is 15.7. The van der Waals surface area contributed by atoms with E-state index in [4.69, 9.17) is 9.47 Å². The normalized spacial score (nSPS) is 11.5. The highest BCUT2D eigenvalue weighted by Gasteiger charge is 2.03. The average molecular weight is 315 g/mol. The third-order valence-electron chi connectivity index (χ3n) is 4.57. The highest BCUT2D eigenvalue weighted by molar-refractivity contribution is 4.51. The quantitative estimate of drug-likeness (QED) is 0.203. The molecule has 0 radical (unpaired) electrons. The predicted molar refractivity (Wildman–Crippen MR) is 97.4 cm³/mol. The smallest absolute Gasteiger partial charge is 0.156 e. The largest absolute Gasteiger partial charge is 0.356 e. The van der Waals surface area contributed by atoms with Crippen LogP contribution in [0.1, 0.15) is 110 Å². The first-order chi connectivity index (χ1) is 10.8. The SMILES string of the molecule is CCCCCCCCCCCCCCCCCC(OC)OC. The Labute approximate surface area is 140 Å². The molecule has 0 rings (SSSR count). The lowest BCUT2D eigenvalue weighted by Crippen LogP contribution is -2.12. The summed E-state index contributed by atoms with van der Waals surface area (Å²) in [6.07, 6.45) is 22.2. The van der Waals surface area contributed by atoms with Gasteiger partial charge in [0.25, 0.3) is 0 Å². The third-order valence-corrected chi connectivity index (χ3v) is 4.57. The van der Waals surface area contributed by atoms with Crippen molar-refractivity contribution in [3.63, 3.8) is 0 Å². The van der Waals surface area contributed by atoms with E-state index in [0.29, 0.717) is 0 Å².